The molecule has 0 saturated heterocycles. The Kier molecular flexibility index (Phi) is 3.51. The summed E-state index contributed by atoms with van der Waals surface area (Å²) in [5.74, 6) is -2.55. The van der Waals surface area contributed by atoms with Crippen molar-refractivity contribution in [3.8, 4) is 0 Å². The fourth-order valence-electron chi connectivity index (χ4n) is 1.72. The van der Waals surface area contributed by atoms with E-state index in [0.29, 0.717) is 0 Å². The summed E-state index contributed by atoms with van der Waals surface area (Å²) in [6, 6.07) is 4.71. The summed E-state index contributed by atoms with van der Waals surface area (Å²) in [4.78, 5) is 35.0. The van der Waals surface area contributed by atoms with Gasteiger partial charge in [-0.1, -0.05) is 0 Å². The molecule has 0 unspecified atom stereocenters. The number of hydrogen-bond acceptors (Lipinski definition) is 4. The summed E-state index contributed by atoms with van der Waals surface area (Å²) >= 11 is 0. The molecule has 2 aromatic rings. The van der Waals surface area contributed by atoms with Crippen LogP contribution < -0.4 is 5.63 Å². The lowest BCUT2D eigenvalue weighted by molar-refractivity contribution is -0.137. The van der Waals surface area contributed by atoms with Crippen LogP contribution in [0.3, 0.4) is 0 Å². The summed E-state index contributed by atoms with van der Waals surface area (Å²) in [7, 11) is 1.24. The molecule has 2 rings (SSSR count). The third-order valence-electron chi connectivity index (χ3n) is 2.64. The first-order chi connectivity index (χ1) is 9.38. The molecule has 0 radical (unpaired) electrons. The van der Waals surface area contributed by atoms with Gasteiger partial charge in [-0.2, -0.15) is 0 Å². The van der Waals surface area contributed by atoms with Gasteiger partial charge in [0.05, 0.1) is 0 Å². The van der Waals surface area contributed by atoms with E-state index in [1.807, 2.05) is 0 Å². The molecule has 0 aliphatic heterocycles. The average molecular weight is 279 g/mol. The Morgan fingerprint density at radius 1 is 1.35 bits per heavy atom. The summed E-state index contributed by atoms with van der Waals surface area (Å²) in [6.07, 6.45) is 0. The molecule has 20 heavy (non-hydrogen) atoms. The highest BCUT2D eigenvalue weighted by Crippen LogP contribution is 2.15. The standard InChI is InChI=1S/C13H10FNO5/c1-15(6-11(16)17)12(18)9-5-7-4-8(14)2-3-10(7)20-13(9)19/h2-5H,6H2,1H3,(H,16,17). The van der Waals surface area contributed by atoms with Crippen LogP contribution in [-0.4, -0.2) is 35.5 Å². The minimum Gasteiger partial charge on any atom is -0.480 e. The van der Waals surface area contributed by atoms with Crippen molar-refractivity contribution in [1.82, 2.24) is 4.90 Å². The molecule has 0 bridgehead atoms. The van der Waals surface area contributed by atoms with Gasteiger partial charge in [-0.25, -0.2) is 9.18 Å². The van der Waals surface area contributed by atoms with Gasteiger partial charge in [0.25, 0.3) is 5.91 Å². The van der Waals surface area contributed by atoms with E-state index in [9.17, 15) is 18.8 Å². The number of benzene rings is 1. The second-order valence-corrected chi connectivity index (χ2v) is 4.18. The van der Waals surface area contributed by atoms with Gasteiger partial charge >= 0.3 is 11.6 Å². The number of fused-ring (bicyclic) bond motifs is 1. The summed E-state index contributed by atoms with van der Waals surface area (Å²) < 4.78 is 18.0. The number of amides is 1. The smallest absolute Gasteiger partial charge is 0.349 e. The second-order valence-electron chi connectivity index (χ2n) is 4.18. The van der Waals surface area contributed by atoms with Gasteiger partial charge in [0.15, 0.2) is 0 Å². The number of carboxylic acid groups (broad SMARTS) is 1. The molecule has 6 nitrogen and oxygen atoms in total. The third kappa shape index (κ3) is 2.66. The molecule has 0 aliphatic rings. The van der Waals surface area contributed by atoms with Crippen LogP contribution in [0.1, 0.15) is 10.4 Å². The Morgan fingerprint density at radius 3 is 2.70 bits per heavy atom. The molecule has 1 N–H and O–H groups in total. The maximum absolute atomic E-state index is 13.1. The van der Waals surface area contributed by atoms with Gasteiger partial charge in [-0.3, -0.25) is 9.59 Å². The number of aliphatic carboxylic acids is 1. The lowest BCUT2D eigenvalue weighted by Crippen LogP contribution is -2.34. The molecular weight excluding hydrogens is 269 g/mol. The first kappa shape index (κ1) is 13.7. The van der Waals surface area contributed by atoms with Crippen molar-refractivity contribution in [2.45, 2.75) is 0 Å². The van der Waals surface area contributed by atoms with Crippen LogP contribution in [0.4, 0.5) is 4.39 Å². The number of carboxylic acids is 1. The molecule has 1 amide bonds. The van der Waals surface area contributed by atoms with Crippen LogP contribution in [0.2, 0.25) is 0 Å². The van der Waals surface area contributed by atoms with E-state index in [2.05, 4.69) is 0 Å². The summed E-state index contributed by atoms with van der Waals surface area (Å²) in [5.41, 5.74) is -1.09. The molecule has 1 aromatic carbocycles. The van der Waals surface area contributed by atoms with E-state index in [-0.39, 0.29) is 16.5 Å². The van der Waals surface area contributed by atoms with Crippen LogP contribution in [0, 0.1) is 5.82 Å². The molecule has 0 spiro atoms. The van der Waals surface area contributed by atoms with E-state index in [4.69, 9.17) is 9.52 Å². The zero-order chi connectivity index (χ0) is 14.9. The van der Waals surface area contributed by atoms with E-state index in [1.54, 1.807) is 0 Å². The Labute approximate surface area is 112 Å². The molecule has 7 heteroatoms. The fourth-order valence-corrected chi connectivity index (χ4v) is 1.72. The quantitative estimate of drug-likeness (QED) is 0.850. The van der Waals surface area contributed by atoms with E-state index in [1.165, 1.54) is 19.2 Å². The van der Waals surface area contributed by atoms with Crippen LogP contribution in [0.25, 0.3) is 11.0 Å². The van der Waals surface area contributed by atoms with Gasteiger partial charge in [0.2, 0.25) is 0 Å². The van der Waals surface area contributed by atoms with Crippen molar-refractivity contribution in [3.05, 3.63) is 46.1 Å². The lowest BCUT2D eigenvalue weighted by atomic mass is 10.1. The van der Waals surface area contributed by atoms with Crippen molar-refractivity contribution in [3.63, 3.8) is 0 Å². The SMILES string of the molecule is CN(CC(=O)O)C(=O)c1cc2cc(F)ccc2oc1=O. The normalized spacial score (nSPS) is 10.5. The van der Waals surface area contributed by atoms with Gasteiger partial charge in [-0.15, -0.1) is 0 Å². The Balaban J connectivity index is 2.48. The highest BCUT2D eigenvalue weighted by atomic mass is 19.1. The number of halogens is 1. The van der Waals surface area contributed by atoms with Crippen molar-refractivity contribution in [1.29, 1.82) is 0 Å². The summed E-state index contributed by atoms with van der Waals surface area (Å²) in [5, 5.41) is 8.86. The maximum atomic E-state index is 13.1. The third-order valence-corrected chi connectivity index (χ3v) is 2.64. The van der Waals surface area contributed by atoms with Crippen LogP contribution in [0.15, 0.2) is 33.5 Å². The Bertz CT molecular complexity index is 752. The zero-order valence-corrected chi connectivity index (χ0v) is 10.4. The van der Waals surface area contributed by atoms with Gasteiger partial charge in [-0.05, 0) is 24.3 Å². The predicted molar refractivity (Wildman–Crippen MR) is 67.0 cm³/mol. The molecule has 1 heterocycles. The highest BCUT2D eigenvalue weighted by Gasteiger charge is 2.19. The maximum Gasteiger partial charge on any atom is 0.349 e. The van der Waals surface area contributed by atoms with Crippen molar-refractivity contribution < 1.29 is 23.5 Å². The fraction of sp³-hybridized carbons (Fsp3) is 0.154. The Hall–Kier alpha value is -2.70. The molecular formula is C13H10FNO5. The van der Waals surface area contributed by atoms with E-state index < -0.39 is 29.9 Å². The minimum atomic E-state index is -1.21. The number of carbonyl (C=O) groups is 2. The number of nitrogens with zero attached hydrogens (tertiary/aromatic N) is 1. The van der Waals surface area contributed by atoms with Crippen molar-refractivity contribution >= 4 is 22.8 Å². The summed E-state index contributed by atoms with van der Waals surface area (Å²) in [6.45, 7) is -0.556. The predicted octanol–water partition coefficient (Wildman–Crippen LogP) is 1.09. The topological polar surface area (TPSA) is 87.8 Å². The zero-order valence-electron chi connectivity index (χ0n) is 10.4. The van der Waals surface area contributed by atoms with E-state index in [0.717, 1.165) is 17.0 Å². The molecule has 0 saturated carbocycles. The van der Waals surface area contributed by atoms with Crippen LogP contribution in [-0.2, 0) is 4.79 Å². The average Bonchev–Trinajstić information content (AvgIpc) is 2.36. The van der Waals surface area contributed by atoms with Gasteiger partial charge in [0, 0.05) is 12.4 Å². The number of likely N-dealkylation sites (N-methyl/N-ethyl adjacent to an activating group) is 1. The van der Waals surface area contributed by atoms with Crippen molar-refractivity contribution in [2.24, 2.45) is 0 Å². The molecule has 0 aliphatic carbocycles. The first-order valence-electron chi connectivity index (χ1n) is 5.59. The molecule has 1 aromatic heterocycles. The second kappa shape index (κ2) is 5.12. The van der Waals surface area contributed by atoms with Gasteiger partial charge < -0.3 is 14.4 Å². The first-order valence-corrected chi connectivity index (χ1v) is 5.59. The number of rotatable bonds is 3. The monoisotopic (exact) mass is 279 g/mol. The van der Waals surface area contributed by atoms with Crippen LogP contribution in [0.5, 0.6) is 0 Å². The minimum absolute atomic E-state index is 0.147. The molecule has 0 atom stereocenters. The number of hydrogen-bond donors (Lipinski definition) is 1. The Morgan fingerprint density at radius 2 is 2.05 bits per heavy atom. The lowest BCUT2D eigenvalue weighted by Gasteiger charge is -2.13. The van der Waals surface area contributed by atoms with Gasteiger partial charge in [0.1, 0.15) is 23.5 Å². The molecule has 104 valence electrons. The van der Waals surface area contributed by atoms with E-state index >= 15 is 0 Å². The largest absolute Gasteiger partial charge is 0.480 e. The molecule has 0 fully saturated rings. The van der Waals surface area contributed by atoms with Crippen LogP contribution >= 0.6 is 0 Å². The highest BCUT2D eigenvalue weighted by molar-refractivity contribution is 5.97. The van der Waals surface area contributed by atoms with Crippen molar-refractivity contribution in [2.75, 3.05) is 13.6 Å². The number of carbonyl (C=O) groups excluding carboxylic acids is 1.